The van der Waals surface area contributed by atoms with Crippen molar-refractivity contribution < 1.29 is 9.59 Å². The number of thioether (sulfide) groups is 1. The fourth-order valence-corrected chi connectivity index (χ4v) is 4.69. The third-order valence-electron chi connectivity index (χ3n) is 5.09. The van der Waals surface area contributed by atoms with Gasteiger partial charge >= 0.3 is 0 Å². The average Bonchev–Trinajstić information content (AvgIpc) is 2.66. The second-order valence-electron chi connectivity index (χ2n) is 6.93. The minimum absolute atomic E-state index is 0.0554. The average molecular weight is 404 g/mol. The van der Waals surface area contributed by atoms with Crippen molar-refractivity contribution in [2.75, 3.05) is 12.3 Å². The lowest BCUT2D eigenvalue weighted by Crippen LogP contribution is -2.43. The van der Waals surface area contributed by atoms with Crippen LogP contribution in [0.5, 0.6) is 0 Å². The first kappa shape index (κ1) is 19.8. The first-order valence-corrected chi connectivity index (χ1v) is 10.5. The van der Waals surface area contributed by atoms with E-state index in [2.05, 4.69) is 18.3 Å². The van der Waals surface area contributed by atoms with Crippen LogP contribution in [0.15, 0.2) is 34.9 Å². The van der Waals surface area contributed by atoms with Gasteiger partial charge in [-0.25, -0.2) is 0 Å². The van der Waals surface area contributed by atoms with Gasteiger partial charge in [-0.3, -0.25) is 9.59 Å². The Kier molecular flexibility index (Phi) is 6.46. The number of halogens is 1. The van der Waals surface area contributed by atoms with Crippen molar-refractivity contribution in [2.45, 2.75) is 44.6 Å². The Balaban J connectivity index is 1.77. The van der Waals surface area contributed by atoms with E-state index in [-0.39, 0.29) is 35.9 Å². The Hall–Kier alpha value is -1.97. The molecule has 0 unspecified atom stereocenters. The van der Waals surface area contributed by atoms with Crippen molar-refractivity contribution in [1.29, 1.82) is 5.26 Å². The topological polar surface area (TPSA) is 73.2 Å². The number of hydrogen-bond acceptors (Lipinski definition) is 4. The lowest BCUT2D eigenvalue weighted by atomic mass is 9.87. The lowest BCUT2D eigenvalue weighted by molar-refractivity contribution is -0.131. The molecule has 1 fully saturated rings. The van der Waals surface area contributed by atoms with Gasteiger partial charge in [-0.05, 0) is 43.9 Å². The smallest absolute Gasteiger partial charge is 0.233 e. The molecular formula is C20H22ClN3O2S. The van der Waals surface area contributed by atoms with Crippen LogP contribution >= 0.6 is 23.4 Å². The number of hydrogen-bond donors (Lipinski definition) is 1. The third kappa shape index (κ3) is 4.66. The molecule has 0 aromatic heterocycles. The zero-order chi connectivity index (χ0) is 19.4. The van der Waals surface area contributed by atoms with E-state index in [0.29, 0.717) is 15.6 Å². The fraction of sp³-hybridized carbons (Fsp3) is 0.450. The number of amides is 2. The molecule has 1 N–H and O–H groups in total. The minimum atomic E-state index is -0.312. The predicted molar refractivity (Wildman–Crippen MR) is 107 cm³/mol. The number of nitrogens with one attached hydrogen (secondary N) is 1. The number of nitriles is 1. The number of allylic oxidation sites excluding steroid dienone is 1. The van der Waals surface area contributed by atoms with Crippen molar-refractivity contribution in [2.24, 2.45) is 0 Å². The molecule has 2 atom stereocenters. The second-order valence-corrected chi connectivity index (χ2v) is 8.35. The first-order valence-electron chi connectivity index (χ1n) is 9.11. The maximum atomic E-state index is 12.6. The van der Waals surface area contributed by atoms with Gasteiger partial charge in [0.25, 0.3) is 0 Å². The van der Waals surface area contributed by atoms with Crippen LogP contribution in [0.3, 0.4) is 0 Å². The van der Waals surface area contributed by atoms with Crippen LogP contribution in [0.4, 0.5) is 0 Å². The summed E-state index contributed by atoms with van der Waals surface area (Å²) in [6.07, 6.45) is 3.42. The highest BCUT2D eigenvalue weighted by Gasteiger charge is 2.30. The molecule has 0 saturated carbocycles. The van der Waals surface area contributed by atoms with Crippen molar-refractivity contribution in [3.8, 4) is 6.07 Å². The summed E-state index contributed by atoms with van der Waals surface area (Å²) in [5, 5.41) is 13.6. The number of carbonyl (C=O) groups excluding carboxylic acids is 2. The Morgan fingerprint density at radius 2 is 2.11 bits per heavy atom. The van der Waals surface area contributed by atoms with Crippen LogP contribution in [-0.4, -0.2) is 35.1 Å². The Bertz CT molecular complexity index is 800. The summed E-state index contributed by atoms with van der Waals surface area (Å²) in [5.41, 5.74) is 1.38. The summed E-state index contributed by atoms with van der Waals surface area (Å²) in [6, 6.07) is 9.68. The number of rotatable bonds is 4. The molecule has 1 aromatic carbocycles. The molecular weight excluding hydrogens is 382 g/mol. The number of likely N-dealkylation sites (tertiary alicyclic amines) is 1. The molecule has 142 valence electrons. The number of nitrogens with zero attached hydrogens (tertiary/aromatic N) is 2. The van der Waals surface area contributed by atoms with Gasteiger partial charge in [0, 0.05) is 29.9 Å². The normalized spacial score (nSPS) is 23.0. The Labute approximate surface area is 168 Å². The van der Waals surface area contributed by atoms with E-state index < -0.39 is 0 Å². The van der Waals surface area contributed by atoms with Crippen LogP contribution in [0.25, 0.3) is 0 Å². The molecule has 2 aliphatic heterocycles. The molecule has 2 aliphatic rings. The quantitative estimate of drug-likeness (QED) is 0.829. The van der Waals surface area contributed by atoms with Crippen LogP contribution in [0.1, 0.15) is 44.1 Å². The van der Waals surface area contributed by atoms with Gasteiger partial charge < -0.3 is 10.2 Å². The molecule has 7 heteroatoms. The maximum Gasteiger partial charge on any atom is 0.233 e. The zero-order valence-corrected chi connectivity index (χ0v) is 16.8. The van der Waals surface area contributed by atoms with Crippen LogP contribution in [-0.2, 0) is 9.59 Å². The summed E-state index contributed by atoms with van der Waals surface area (Å²) >= 11 is 7.19. The largest absolute Gasteiger partial charge is 0.339 e. The van der Waals surface area contributed by atoms with Crippen molar-refractivity contribution in [1.82, 2.24) is 10.2 Å². The van der Waals surface area contributed by atoms with E-state index in [1.165, 1.54) is 11.8 Å². The maximum absolute atomic E-state index is 12.6. The molecule has 2 amide bonds. The van der Waals surface area contributed by atoms with Crippen LogP contribution in [0, 0.1) is 11.3 Å². The minimum Gasteiger partial charge on any atom is -0.339 e. The van der Waals surface area contributed by atoms with E-state index in [9.17, 15) is 14.9 Å². The van der Waals surface area contributed by atoms with E-state index >= 15 is 0 Å². The number of piperidine rings is 1. The summed E-state index contributed by atoms with van der Waals surface area (Å²) in [7, 11) is 0. The predicted octanol–water partition coefficient (Wildman–Crippen LogP) is 3.81. The lowest BCUT2D eigenvalue weighted by Gasteiger charge is -2.33. The monoisotopic (exact) mass is 403 g/mol. The van der Waals surface area contributed by atoms with Crippen molar-refractivity contribution >= 4 is 35.2 Å². The van der Waals surface area contributed by atoms with Crippen LogP contribution < -0.4 is 5.32 Å². The molecule has 0 spiro atoms. The van der Waals surface area contributed by atoms with Crippen molar-refractivity contribution in [3.63, 3.8) is 0 Å². The highest BCUT2D eigenvalue weighted by molar-refractivity contribution is 8.03. The molecule has 1 saturated heterocycles. The third-order valence-corrected chi connectivity index (χ3v) is 6.35. The number of carbonyl (C=O) groups is 2. The molecule has 0 radical (unpaired) electrons. The summed E-state index contributed by atoms with van der Waals surface area (Å²) in [6.45, 7) is 2.85. The number of benzene rings is 1. The van der Waals surface area contributed by atoms with Gasteiger partial charge in [-0.1, -0.05) is 35.5 Å². The molecule has 5 nitrogen and oxygen atoms in total. The standard InChI is InChI=1S/C20H22ClN3O2S/c1-13-4-2-3-9-24(13)19(26)12-27-20-17(11-22)16(10-18(25)23-20)14-5-7-15(21)8-6-14/h5-8,13,16H,2-4,9-10,12H2,1H3,(H,23,25)/t13-,16-/m0/s1. The molecule has 3 rings (SSSR count). The Morgan fingerprint density at radius 3 is 2.78 bits per heavy atom. The van der Waals surface area contributed by atoms with E-state index in [0.717, 1.165) is 31.4 Å². The van der Waals surface area contributed by atoms with Gasteiger partial charge in [-0.15, -0.1) is 0 Å². The van der Waals surface area contributed by atoms with Gasteiger partial charge in [0.1, 0.15) is 0 Å². The van der Waals surface area contributed by atoms with Gasteiger partial charge in [-0.2, -0.15) is 5.26 Å². The summed E-state index contributed by atoms with van der Waals surface area (Å²) < 4.78 is 0. The fourth-order valence-electron chi connectivity index (χ4n) is 3.60. The molecule has 0 aliphatic carbocycles. The highest BCUT2D eigenvalue weighted by Crippen LogP contribution is 2.36. The molecule has 2 heterocycles. The van der Waals surface area contributed by atoms with E-state index in [4.69, 9.17) is 11.6 Å². The summed E-state index contributed by atoms with van der Waals surface area (Å²) in [5.74, 6) is -0.180. The van der Waals surface area contributed by atoms with Crippen LogP contribution in [0.2, 0.25) is 5.02 Å². The first-order chi connectivity index (χ1) is 13.0. The molecule has 0 bridgehead atoms. The van der Waals surface area contributed by atoms with Gasteiger partial charge in [0.15, 0.2) is 0 Å². The van der Waals surface area contributed by atoms with E-state index in [1.807, 2.05) is 17.0 Å². The molecule has 1 aromatic rings. The van der Waals surface area contributed by atoms with Gasteiger partial charge in [0.2, 0.25) is 11.8 Å². The zero-order valence-electron chi connectivity index (χ0n) is 15.2. The Morgan fingerprint density at radius 1 is 1.37 bits per heavy atom. The summed E-state index contributed by atoms with van der Waals surface area (Å²) in [4.78, 5) is 26.7. The molecule has 27 heavy (non-hydrogen) atoms. The van der Waals surface area contributed by atoms with Gasteiger partial charge in [0.05, 0.1) is 22.4 Å². The van der Waals surface area contributed by atoms with E-state index in [1.54, 1.807) is 12.1 Å². The highest BCUT2D eigenvalue weighted by atomic mass is 35.5. The second kappa shape index (κ2) is 8.81. The van der Waals surface area contributed by atoms with Crippen molar-refractivity contribution in [3.05, 3.63) is 45.5 Å². The SMILES string of the molecule is C[C@H]1CCCCN1C(=O)CSC1=C(C#N)[C@H](c2ccc(Cl)cc2)CC(=O)N1.